The van der Waals surface area contributed by atoms with E-state index < -0.39 is 11.7 Å². The minimum atomic E-state index is -1.00. The van der Waals surface area contributed by atoms with Crippen molar-refractivity contribution in [3.8, 4) is 0 Å². The van der Waals surface area contributed by atoms with E-state index in [4.69, 9.17) is 23.2 Å². The third-order valence-corrected chi connectivity index (χ3v) is 3.29. The maximum Gasteiger partial charge on any atom is 0.159 e. The fraction of sp³-hybridized carbons (Fsp3) is 0. The van der Waals surface area contributed by atoms with Crippen LogP contribution in [0.3, 0.4) is 0 Å². The molecule has 2 aromatic carbocycles. The van der Waals surface area contributed by atoms with Crippen molar-refractivity contribution in [3.63, 3.8) is 0 Å². The van der Waals surface area contributed by atoms with E-state index in [1.165, 1.54) is 0 Å². The lowest BCUT2D eigenvalue weighted by Gasteiger charge is -2.00. The zero-order valence-corrected chi connectivity index (χ0v) is 11.8. The van der Waals surface area contributed by atoms with Crippen LogP contribution in [0.4, 0.5) is 8.78 Å². The minimum absolute atomic E-state index is 0.355. The molecule has 0 N–H and O–H groups in total. The maximum atomic E-state index is 13.8. The predicted octanol–water partition coefficient (Wildman–Crippen LogP) is 6.31. The number of hydrogen-bond donors (Lipinski definition) is 0. The van der Waals surface area contributed by atoms with Gasteiger partial charge in [-0.3, -0.25) is 0 Å². The molecule has 4 heteroatoms. The maximum absolute atomic E-state index is 13.8. The molecule has 0 saturated carbocycles. The average molecular weight is 311 g/mol. The van der Waals surface area contributed by atoms with E-state index in [-0.39, 0.29) is 0 Å². The van der Waals surface area contributed by atoms with Gasteiger partial charge in [-0.05, 0) is 35.4 Å². The highest BCUT2D eigenvalue weighted by Crippen LogP contribution is 2.26. The van der Waals surface area contributed by atoms with Gasteiger partial charge in [0.1, 0.15) is 0 Å². The monoisotopic (exact) mass is 310 g/mol. The van der Waals surface area contributed by atoms with E-state index in [0.29, 0.717) is 21.2 Å². The largest absolute Gasteiger partial charge is 0.204 e. The van der Waals surface area contributed by atoms with Crippen LogP contribution in [0.25, 0.3) is 12.2 Å². The summed E-state index contributed by atoms with van der Waals surface area (Å²) in [5.41, 5.74) is 0.823. The van der Waals surface area contributed by atoms with Crippen LogP contribution in [0.2, 0.25) is 10.0 Å². The van der Waals surface area contributed by atoms with Crippen LogP contribution in [0.1, 0.15) is 11.1 Å². The molecular formula is C16H10Cl2F2. The van der Waals surface area contributed by atoms with Crippen LogP contribution in [-0.4, -0.2) is 0 Å². The molecule has 102 valence electrons. The van der Waals surface area contributed by atoms with Crippen molar-refractivity contribution < 1.29 is 8.78 Å². The number of rotatable bonds is 3. The summed E-state index contributed by atoms with van der Waals surface area (Å²) < 4.78 is 27.6. The third kappa shape index (κ3) is 3.69. The molecule has 0 spiro atoms. The topological polar surface area (TPSA) is 0 Å². The summed E-state index contributed by atoms with van der Waals surface area (Å²) in [6, 6.07) is 13.2. The van der Waals surface area contributed by atoms with Crippen molar-refractivity contribution in [3.05, 3.63) is 81.4 Å². The third-order valence-electron chi connectivity index (χ3n) is 2.60. The van der Waals surface area contributed by atoms with Gasteiger partial charge in [0.15, 0.2) is 11.7 Å². The Morgan fingerprint density at radius 3 is 1.40 bits per heavy atom. The second-order valence-corrected chi connectivity index (χ2v) is 4.84. The quantitative estimate of drug-likeness (QED) is 0.582. The molecule has 0 aliphatic carbocycles. The van der Waals surface area contributed by atoms with Crippen molar-refractivity contribution in [1.82, 2.24) is 0 Å². The zero-order valence-electron chi connectivity index (χ0n) is 10.3. The second-order valence-electron chi connectivity index (χ2n) is 4.03. The molecule has 0 saturated heterocycles. The molecule has 2 rings (SSSR count). The fourth-order valence-corrected chi connectivity index (χ4v) is 1.98. The van der Waals surface area contributed by atoms with E-state index in [2.05, 4.69) is 0 Å². The Kier molecular flexibility index (Phi) is 4.94. The summed E-state index contributed by atoms with van der Waals surface area (Å²) >= 11 is 11.8. The molecule has 2 aromatic rings. The molecule has 0 bridgehead atoms. The zero-order chi connectivity index (χ0) is 14.5. The molecule has 0 unspecified atom stereocenters. The van der Waals surface area contributed by atoms with E-state index in [1.807, 2.05) is 0 Å². The first-order valence-electron chi connectivity index (χ1n) is 5.82. The Morgan fingerprint density at radius 2 is 1.05 bits per heavy atom. The van der Waals surface area contributed by atoms with Crippen LogP contribution in [-0.2, 0) is 0 Å². The predicted molar refractivity (Wildman–Crippen MR) is 81.1 cm³/mol. The Bertz CT molecular complexity index is 616. The first kappa shape index (κ1) is 14.8. The van der Waals surface area contributed by atoms with Gasteiger partial charge in [0, 0.05) is 10.0 Å². The number of hydrogen-bond acceptors (Lipinski definition) is 0. The van der Waals surface area contributed by atoms with E-state index in [9.17, 15) is 8.78 Å². The van der Waals surface area contributed by atoms with E-state index in [1.54, 1.807) is 48.5 Å². The molecule has 0 fully saturated rings. The van der Waals surface area contributed by atoms with Crippen LogP contribution < -0.4 is 0 Å². The molecule has 0 aromatic heterocycles. The second kappa shape index (κ2) is 6.69. The van der Waals surface area contributed by atoms with Crippen molar-refractivity contribution in [2.24, 2.45) is 0 Å². The van der Waals surface area contributed by atoms with Crippen LogP contribution in [0.15, 0.2) is 60.2 Å². The Labute approximate surface area is 126 Å². The summed E-state index contributed by atoms with van der Waals surface area (Å²) in [6.45, 7) is 0. The van der Waals surface area contributed by atoms with Gasteiger partial charge in [0.25, 0.3) is 0 Å². The highest BCUT2D eigenvalue weighted by atomic mass is 35.5. The van der Waals surface area contributed by atoms with Gasteiger partial charge < -0.3 is 0 Å². The lowest BCUT2D eigenvalue weighted by Crippen LogP contribution is -1.81. The summed E-state index contributed by atoms with van der Waals surface area (Å²) in [4.78, 5) is 0. The minimum Gasteiger partial charge on any atom is -0.204 e. The van der Waals surface area contributed by atoms with Gasteiger partial charge in [0.2, 0.25) is 0 Å². The standard InChI is InChI=1S/C16H10Cl2F2/c17-13-7-3-1-5-11(13)9-15(19)16(20)10-12-6-2-4-8-14(12)18/h1-10H/b15-9-,16-10-. The smallest absolute Gasteiger partial charge is 0.159 e. The molecule has 0 atom stereocenters. The van der Waals surface area contributed by atoms with Crippen molar-refractivity contribution >= 4 is 35.4 Å². The molecule has 0 nitrogen and oxygen atoms in total. The average Bonchev–Trinajstić information content (AvgIpc) is 2.43. The molecule has 0 aliphatic heterocycles. The molecule has 0 amide bonds. The van der Waals surface area contributed by atoms with E-state index in [0.717, 1.165) is 12.2 Å². The lowest BCUT2D eigenvalue weighted by atomic mass is 10.1. The van der Waals surface area contributed by atoms with Gasteiger partial charge in [0.05, 0.1) is 0 Å². The molecule has 0 radical (unpaired) electrons. The first-order chi connectivity index (χ1) is 9.58. The molecule has 0 heterocycles. The van der Waals surface area contributed by atoms with Gasteiger partial charge >= 0.3 is 0 Å². The Morgan fingerprint density at radius 1 is 0.700 bits per heavy atom. The van der Waals surface area contributed by atoms with Gasteiger partial charge in [-0.1, -0.05) is 59.6 Å². The van der Waals surface area contributed by atoms with Gasteiger partial charge in [-0.25, -0.2) is 8.78 Å². The molecule has 20 heavy (non-hydrogen) atoms. The Hall–Kier alpha value is -1.64. The summed E-state index contributed by atoms with van der Waals surface area (Å²) in [5, 5.41) is 0.710. The van der Waals surface area contributed by atoms with Crippen molar-refractivity contribution in [1.29, 1.82) is 0 Å². The SMILES string of the molecule is FC(=C\c1ccccc1Cl)/C(F)=C/c1ccccc1Cl. The number of benzene rings is 2. The van der Waals surface area contributed by atoms with Crippen molar-refractivity contribution in [2.45, 2.75) is 0 Å². The van der Waals surface area contributed by atoms with E-state index >= 15 is 0 Å². The lowest BCUT2D eigenvalue weighted by molar-refractivity contribution is 0.555. The summed E-state index contributed by atoms with van der Waals surface area (Å²) in [7, 11) is 0. The van der Waals surface area contributed by atoms with Crippen LogP contribution in [0, 0.1) is 0 Å². The summed E-state index contributed by atoms with van der Waals surface area (Å²) in [5.74, 6) is -2.00. The van der Waals surface area contributed by atoms with Gasteiger partial charge in [-0.15, -0.1) is 0 Å². The molecular weight excluding hydrogens is 301 g/mol. The van der Waals surface area contributed by atoms with Crippen molar-refractivity contribution in [2.75, 3.05) is 0 Å². The number of halogens is 4. The van der Waals surface area contributed by atoms with Gasteiger partial charge in [-0.2, -0.15) is 0 Å². The highest BCUT2D eigenvalue weighted by molar-refractivity contribution is 6.32. The number of allylic oxidation sites excluding steroid dienone is 2. The van der Waals surface area contributed by atoms with Crippen LogP contribution >= 0.6 is 23.2 Å². The molecule has 0 aliphatic rings. The first-order valence-corrected chi connectivity index (χ1v) is 6.57. The summed E-state index contributed by atoms with van der Waals surface area (Å²) in [6.07, 6.45) is 2.09. The fourth-order valence-electron chi connectivity index (χ4n) is 1.60. The highest BCUT2D eigenvalue weighted by Gasteiger charge is 2.06. The van der Waals surface area contributed by atoms with Crippen LogP contribution in [0.5, 0.6) is 0 Å². The Balaban J connectivity index is 2.32. The normalized spacial score (nSPS) is 12.6.